The molecule has 0 aliphatic carbocycles. The van der Waals surface area contributed by atoms with Crippen LogP contribution < -0.4 is 15.6 Å². The first-order valence-electron chi connectivity index (χ1n) is 7.62. The maximum Gasteiger partial charge on any atom is 0.338 e. The van der Waals surface area contributed by atoms with Crippen molar-refractivity contribution in [2.75, 3.05) is 37.7 Å². The number of carbonyl (C=O) groups is 2. The predicted molar refractivity (Wildman–Crippen MR) is 82.6 cm³/mol. The summed E-state index contributed by atoms with van der Waals surface area (Å²) in [7, 11) is 0. The molecule has 3 N–H and O–H groups in total. The maximum atomic E-state index is 11.6. The number of anilines is 1. The average Bonchev–Trinajstić information content (AvgIpc) is 2.58. The van der Waals surface area contributed by atoms with Gasteiger partial charge in [0, 0.05) is 25.3 Å². The second-order valence-corrected chi connectivity index (χ2v) is 5.49. The van der Waals surface area contributed by atoms with E-state index in [4.69, 9.17) is 4.74 Å². The first-order valence-corrected chi connectivity index (χ1v) is 7.62. The third-order valence-electron chi connectivity index (χ3n) is 3.94. The van der Waals surface area contributed by atoms with Gasteiger partial charge in [-0.3, -0.25) is 15.1 Å². The number of hydrazine groups is 1. The van der Waals surface area contributed by atoms with Crippen molar-refractivity contribution in [1.29, 1.82) is 0 Å². The number of hydrogen-bond acceptors (Lipinski definition) is 6. The van der Waals surface area contributed by atoms with Gasteiger partial charge >= 0.3 is 6.03 Å². The molecule has 0 radical (unpaired) electrons. The van der Waals surface area contributed by atoms with Crippen molar-refractivity contribution >= 4 is 17.6 Å². The van der Waals surface area contributed by atoms with Gasteiger partial charge in [0.25, 0.3) is 5.91 Å². The summed E-state index contributed by atoms with van der Waals surface area (Å²) in [5, 5.41) is 12.7. The zero-order valence-corrected chi connectivity index (χ0v) is 12.7. The molecule has 1 aromatic rings. The molecule has 0 spiro atoms. The fourth-order valence-corrected chi connectivity index (χ4v) is 2.61. The Kier molecular flexibility index (Phi) is 4.75. The van der Waals surface area contributed by atoms with Gasteiger partial charge in [0.15, 0.2) is 0 Å². The quantitative estimate of drug-likeness (QED) is 0.689. The molecular weight excluding hydrogens is 300 g/mol. The van der Waals surface area contributed by atoms with Crippen LogP contribution in [-0.2, 0) is 16.0 Å². The molecule has 124 valence electrons. The molecule has 2 fully saturated rings. The van der Waals surface area contributed by atoms with Gasteiger partial charge < -0.3 is 14.7 Å². The predicted octanol–water partition coefficient (Wildman–Crippen LogP) is -0.559. The molecule has 1 aromatic carbocycles. The van der Waals surface area contributed by atoms with Gasteiger partial charge in [0.1, 0.15) is 0 Å². The number of morpholine rings is 1. The Bertz CT molecular complexity index is 571. The molecule has 1 atom stereocenters. The van der Waals surface area contributed by atoms with Crippen LogP contribution in [0, 0.1) is 0 Å². The molecule has 8 heteroatoms. The lowest BCUT2D eigenvalue weighted by Crippen LogP contribution is -2.64. The minimum Gasteiger partial charge on any atom is -0.378 e. The van der Waals surface area contributed by atoms with Crippen LogP contribution in [0.25, 0.3) is 0 Å². The number of rotatable bonds is 4. The molecule has 2 aliphatic rings. The monoisotopic (exact) mass is 320 g/mol. The van der Waals surface area contributed by atoms with Crippen LogP contribution in [0.4, 0.5) is 10.5 Å². The number of carbonyl (C=O) groups excluding carboxylic acids is 2. The van der Waals surface area contributed by atoms with E-state index in [9.17, 15) is 14.7 Å². The van der Waals surface area contributed by atoms with Gasteiger partial charge in [0.05, 0.1) is 13.2 Å². The first-order chi connectivity index (χ1) is 11.1. The number of aliphatic hydroxyl groups excluding tert-OH is 1. The van der Waals surface area contributed by atoms with Crippen molar-refractivity contribution in [2.45, 2.75) is 12.6 Å². The highest BCUT2D eigenvalue weighted by atomic mass is 16.5. The van der Waals surface area contributed by atoms with Crippen LogP contribution in [0.5, 0.6) is 0 Å². The lowest BCUT2D eigenvalue weighted by Gasteiger charge is -2.30. The molecule has 8 nitrogen and oxygen atoms in total. The lowest BCUT2D eigenvalue weighted by molar-refractivity contribution is -0.135. The molecule has 2 saturated heterocycles. The summed E-state index contributed by atoms with van der Waals surface area (Å²) in [5.74, 6) is -0.735. The van der Waals surface area contributed by atoms with Crippen molar-refractivity contribution < 1.29 is 19.4 Å². The zero-order valence-electron chi connectivity index (χ0n) is 12.7. The summed E-state index contributed by atoms with van der Waals surface area (Å²) < 4.78 is 5.34. The molecule has 0 bridgehead atoms. The molecule has 2 aliphatic heterocycles. The van der Waals surface area contributed by atoms with E-state index < -0.39 is 18.2 Å². The van der Waals surface area contributed by atoms with Crippen molar-refractivity contribution in [3.63, 3.8) is 0 Å². The second-order valence-electron chi connectivity index (χ2n) is 5.49. The van der Waals surface area contributed by atoms with Crippen molar-refractivity contribution in [2.24, 2.45) is 0 Å². The number of nitrogens with zero attached hydrogens (tertiary/aromatic N) is 2. The SMILES string of the molecule is O=C1NC(=O)N(CCc2ccc(N3CCOCC3)cc2)NC1O. The van der Waals surface area contributed by atoms with Crippen LogP contribution in [0.15, 0.2) is 24.3 Å². The van der Waals surface area contributed by atoms with E-state index in [0.717, 1.165) is 37.6 Å². The van der Waals surface area contributed by atoms with Crippen LogP contribution in [-0.4, -0.2) is 61.1 Å². The fraction of sp³-hybridized carbons (Fsp3) is 0.467. The Morgan fingerprint density at radius 3 is 2.57 bits per heavy atom. The highest BCUT2D eigenvalue weighted by molar-refractivity contribution is 5.98. The number of urea groups is 1. The number of hydrogen-bond donors (Lipinski definition) is 3. The molecule has 3 amide bonds. The summed E-state index contributed by atoms with van der Waals surface area (Å²) in [4.78, 5) is 25.0. The Morgan fingerprint density at radius 2 is 1.87 bits per heavy atom. The number of benzene rings is 1. The Hall–Kier alpha value is -2.16. The Balaban J connectivity index is 1.54. The van der Waals surface area contributed by atoms with E-state index in [1.165, 1.54) is 5.01 Å². The summed E-state index contributed by atoms with van der Waals surface area (Å²) in [6.45, 7) is 3.64. The zero-order chi connectivity index (χ0) is 16.2. The van der Waals surface area contributed by atoms with E-state index in [0.29, 0.717) is 13.0 Å². The second kappa shape index (κ2) is 6.95. The van der Waals surface area contributed by atoms with Gasteiger partial charge in [0.2, 0.25) is 6.23 Å². The lowest BCUT2D eigenvalue weighted by atomic mass is 10.1. The highest BCUT2D eigenvalue weighted by Gasteiger charge is 2.29. The summed E-state index contributed by atoms with van der Waals surface area (Å²) in [6.07, 6.45) is -0.776. The van der Waals surface area contributed by atoms with Crippen LogP contribution in [0.2, 0.25) is 0 Å². The third-order valence-corrected chi connectivity index (χ3v) is 3.94. The average molecular weight is 320 g/mol. The van der Waals surface area contributed by atoms with Gasteiger partial charge in [-0.25, -0.2) is 4.79 Å². The van der Waals surface area contributed by atoms with Crippen molar-refractivity contribution in [3.8, 4) is 0 Å². The van der Waals surface area contributed by atoms with Gasteiger partial charge in [-0.1, -0.05) is 12.1 Å². The molecule has 3 rings (SSSR count). The van der Waals surface area contributed by atoms with Crippen molar-refractivity contribution in [1.82, 2.24) is 15.8 Å². The molecule has 1 unspecified atom stereocenters. The van der Waals surface area contributed by atoms with E-state index >= 15 is 0 Å². The van der Waals surface area contributed by atoms with E-state index in [-0.39, 0.29) is 0 Å². The van der Waals surface area contributed by atoms with Crippen LogP contribution >= 0.6 is 0 Å². The Morgan fingerprint density at radius 1 is 1.17 bits per heavy atom. The minimum atomic E-state index is -1.39. The number of amides is 3. The van der Waals surface area contributed by atoms with Crippen LogP contribution in [0.3, 0.4) is 0 Å². The normalized spacial score (nSPS) is 22.2. The topological polar surface area (TPSA) is 94.1 Å². The summed E-state index contributed by atoms with van der Waals surface area (Å²) in [6, 6.07) is 7.61. The summed E-state index contributed by atoms with van der Waals surface area (Å²) >= 11 is 0. The smallest absolute Gasteiger partial charge is 0.338 e. The largest absolute Gasteiger partial charge is 0.378 e. The third kappa shape index (κ3) is 3.79. The standard InChI is InChI=1S/C15H20N4O4/c20-13-14(21)17-19(15(22)16-13)6-5-11-1-3-12(4-2-11)18-7-9-23-10-8-18/h1-4,14,17,21H,5-10H2,(H,16,20,22). The number of imide groups is 1. The number of ether oxygens (including phenoxy) is 1. The fourth-order valence-electron chi connectivity index (χ4n) is 2.61. The first kappa shape index (κ1) is 15.7. The highest BCUT2D eigenvalue weighted by Crippen LogP contribution is 2.17. The van der Waals surface area contributed by atoms with Gasteiger partial charge in [-0.05, 0) is 24.1 Å². The van der Waals surface area contributed by atoms with Crippen molar-refractivity contribution in [3.05, 3.63) is 29.8 Å². The number of nitrogens with one attached hydrogen (secondary N) is 2. The van der Waals surface area contributed by atoms with Gasteiger partial charge in [-0.2, -0.15) is 5.43 Å². The number of aliphatic hydroxyl groups is 1. The Labute approximate surface area is 134 Å². The molecular formula is C15H20N4O4. The van der Waals surface area contributed by atoms with Crippen LogP contribution in [0.1, 0.15) is 5.56 Å². The molecule has 0 saturated carbocycles. The molecule has 2 heterocycles. The van der Waals surface area contributed by atoms with E-state index in [1.807, 2.05) is 12.1 Å². The van der Waals surface area contributed by atoms with E-state index in [1.54, 1.807) is 0 Å². The molecule has 0 aromatic heterocycles. The van der Waals surface area contributed by atoms with E-state index in [2.05, 4.69) is 27.8 Å². The summed E-state index contributed by atoms with van der Waals surface area (Å²) in [5.41, 5.74) is 4.69. The maximum absolute atomic E-state index is 11.6. The van der Waals surface area contributed by atoms with Gasteiger partial charge in [-0.15, -0.1) is 0 Å². The minimum absolute atomic E-state index is 0.354. The molecule has 23 heavy (non-hydrogen) atoms.